The number of hydrogen-bond donors (Lipinski definition) is 2. The van der Waals surface area contributed by atoms with Crippen molar-refractivity contribution in [3.63, 3.8) is 0 Å². The quantitative estimate of drug-likeness (QED) is 0.348. The average Bonchev–Trinajstić information content (AvgIpc) is 3.15. The molecule has 0 aliphatic carbocycles. The highest BCUT2D eigenvalue weighted by Crippen LogP contribution is 2.16. The standard InChI is InChI=1S/C24H25N5O5S/c1-2-34-20-9-11-21(12-10-20)35(32,33)25-14-13-23(30)26-19-7-5-6-18(16-19)17-29-24(31)28-15-4-3-8-22(28)27-29/h3-12,15-16,25H,2,13-14,17H2,1H3,(H,26,30). The Bertz CT molecular complexity index is 1490. The lowest BCUT2D eigenvalue weighted by atomic mass is 10.2. The van der Waals surface area contributed by atoms with Crippen molar-refractivity contribution >= 4 is 27.3 Å². The van der Waals surface area contributed by atoms with Gasteiger partial charge in [-0.05, 0) is 61.0 Å². The van der Waals surface area contributed by atoms with Crippen LogP contribution < -0.4 is 20.5 Å². The fourth-order valence-electron chi connectivity index (χ4n) is 3.48. The SMILES string of the molecule is CCOc1ccc(S(=O)(=O)NCCC(=O)Nc2cccc(Cn3nc4ccccn4c3=O)c2)cc1. The van der Waals surface area contributed by atoms with Gasteiger partial charge in [0.2, 0.25) is 15.9 Å². The minimum Gasteiger partial charge on any atom is -0.494 e. The summed E-state index contributed by atoms with van der Waals surface area (Å²) in [6.07, 6.45) is 1.61. The van der Waals surface area contributed by atoms with Crippen LogP contribution in [-0.2, 0) is 21.4 Å². The first-order chi connectivity index (χ1) is 16.9. The fraction of sp³-hybridized carbons (Fsp3) is 0.208. The molecule has 10 nitrogen and oxygen atoms in total. The van der Waals surface area contributed by atoms with Crippen LogP contribution in [0.1, 0.15) is 18.9 Å². The molecule has 11 heteroatoms. The highest BCUT2D eigenvalue weighted by molar-refractivity contribution is 7.89. The van der Waals surface area contributed by atoms with Gasteiger partial charge in [-0.15, -0.1) is 5.10 Å². The van der Waals surface area contributed by atoms with Crippen LogP contribution in [0.25, 0.3) is 5.65 Å². The maximum atomic E-state index is 12.5. The Morgan fingerprint density at radius 2 is 1.86 bits per heavy atom. The Morgan fingerprint density at radius 1 is 1.06 bits per heavy atom. The van der Waals surface area contributed by atoms with Gasteiger partial charge in [0.1, 0.15) is 5.75 Å². The van der Waals surface area contributed by atoms with Crippen molar-refractivity contribution in [3.8, 4) is 5.75 Å². The molecule has 182 valence electrons. The third-order valence-electron chi connectivity index (χ3n) is 5.12. The Morgan fingerprint density at radius 3 is 2.60 bits per heavy atom. The summed E-state index contributed by atoms with van der Waals surface area (Å²) >= 11 is 0. The van der Waals surface area contributed by atoms with Crippen molar-refractivity contribution in [2.45, 2.75) is 24.8 Å². The van der Waals surface area contributed by atoms with Crippen LogP contribution in [0.3, 0.4) is 0 Å². The Balaban J connectivity index is 1.32. The van der Waals surface area contributed by atoms with E-state index in [-0.39, 0.29) is 36.0 Å². The van der Waals surface area contributed by atoms with Crippen molar-refractivity contribution in [1.29, 1.82) is 0 Å². The van der Waals surface area contributed by atoms with Crippen LogP contribution in [0.4, 0.5) is 5.69 Å². The number of ether oxygens (including phenoxy) is 1. The van der Waals surface area contributed by atoms with E-state index in [1.165, 1.54) is 21.2 Å². The van der Waals surface area contributed by atoms with E-state index in [4.69, 9.17) is 4.74 Å². The van der Waals surface area contributed by atoms with E-state index in [2.05, 4.69) is 15.1 Å². The average molecular weight is 496 g/mol. The van der Waals surface area contributed by atoms with Crippen LogP contribution >= 0.6 is 0 Å². The van der Waals surface area contributed by atoms with Gasteiger partial charge in [0, 0.05) is 24.8 Å². The Labute approximate surface area is 202 Å². The third kappa shape index (κ3) is 5.94. The van der Waals surface area contributed by atoms with Gasteiger partial charge >= 0.3 is 5.69 Å². The lowest BCUT2D eigenvalue weighted by Crippen LogP contribution is -2.27. The van der Waals surface area contributed by atoms with Crippen LogP contribution in [0.2, 0.25) is 0 Å². The van der Waals surface area contributed by atoms with Gasteiger partial charge in [0.25, 0.3) is 0 Å². The first kappa shape index (κ1) is 24.2. The Hall–Kier alpha value is -3.96. The molecule has 0 aliphatic heterocycles. The maximum Gasteiger partial charge on any atom is 0.350 e. The first-order valence-electron chi connectivity index (χ1n) is 11.0. The highest BCUT2D eigenvalue weighted by Gasteiger charge is 2.14. The van der Waals surface area contributed by atoms with Crippen LogP contribution in [0.5, 0.6) is 5.75 Å². The summed E-state index contributed by atoms with van der Waals surface area (Å²) in [5.41, 5.74) is 1.62. The molecule has 0 unspecified atom stereocenters. The van der Waals surface area contributed by atoms with E-state index in [1.807, 2.05) is 13.0 Å². The normalized spacial score (nSPS) is 11.5. The minimum absolute atomic E-state index is 0.0492. The van der Waals surface area contributed by atoms with Crippen molar-refractivity contribution in [1.82, 2.24) is 18.9 Å². The number of sulfonamides is 1. The van der Waals surface area contributed by atoms with Gasteiger partial charge in [-0.3, -0.25) is 9.20 Å². The van der Waals surface area contributed by atoms with Crippen molar-refractivity contribution < 1.29 is 17.9 Å². The molecule has 0 saturated carbocycles. The number of nitrogens with one attached hydrogen (secondary N) is 2. The number of hydrogen-bond acceptors (Lipinski definition) is 6. The molecule has 35 heavy (non-hydrogen) atoms. The second kappa shape index (κ2) is 10.5. The molecule has 0 spiro atoms. The highest BCUT2D eigenvalue weighted by atomic mass is 32.2. The zero-order valence-corrected chi connectivity index (χ0v) is 19.9. The van der Waals surface area contributed by atoms with E-state index in [9.17, 15) is 18.0 Å². The minimum atomic E-state index is -3.74. The van der Waals surface area contributed by atoms with E-state index >= 15 is 0 Å². The summed E-state index contributed by atoms with van der Waals surface area (Å²) in [5.74, 6) is 0.237. The molecule has 0 fully saturated rings. The summed E-state index contributed by atoms with van der Waals surface area (Å²) in [6, 6.07) is 18.4. The smallest absolute Gasteiger partial charge is 0.350 e. The first-order valence-corrected chi connectivity index (χ1v) is 12.5. The second-order valence-corrected chi connectivity index (χ2v) is 9.44. The fourth-order valence-corrected chi connectivity index (χ4v) is 4.51. The van der Waals surface area contributed by atoms with Gasteiger partial charge < -0.3 is 10.1 Å². The van der Waals surface area contributed by atoms with E-state index in [0.717, 1.165) is 5.56 Å². The number of fused-ring (bicyclic) bond motifs is 1. The molecule has 0 saturated heterocycles. The van der Waals surface area contributed by atoms with Gasteiger partial charge in [0.05, 0.1) is 18.0 Å². The topological polar surface area (TPSA) is 124 Å². The van der Waals surface area contributed by atoms with Gasteiger partial charge in [-0.2, -0.15) is 0 Å². The molecular formula is C24H25N5O5S. The molecular weight excluding hydrogens is 470 g/mol. The number of carbonyl (C=O) groups is 1. The van der Waals surface area contributed by atoms with E-state index in [0.29, 0.717) is 23.7 Å². The number of amides is 1. The molecule has 1 amide bonds. The van der Waals surface area contributed by atoms with Crippen molar-refractivity contribution in [2.24, 2.45) is 0 Å². The van der Waals surface area contributed by atoms with Crippen LogP contribution in [-0.4, -0.2) is 41.7 Å². The third-order valence-corrected chi connectivity index (χ3v) is 6.60. The summed E-state index contributed by atoms with van der Waals surface area (Å²) in [6.45, 7) is 2.52. The zero-order valence-electron chi connectivity index (χ0n) is 19.0. The monoisotopic (exact) mass is 495 g/mol. The van der Waals surface area contributed by atoms with E-state index < -0.39 is 10.0 Å². The number of aromatic nitrogens is 3. The maximum absolute atomic E-state index is 12.5. The lowest BCUT2D eigenvalue weighted by Gasteiger charge is -2.09. The predicted octanol–water partition coefficient (Wildman–Crippen LogP) is 2.25. The summed E-state index contributed by atoms with van der Waals surface area (Å²) in [5, 5.41) is 7.06. The van der Waals surface area contributed by atoms with Gasteiger partial charge in [0.15, 0.2) is 5.65 Å². The molecule has 0 bridgehead atoms. The zero-order chi connectivity index (χ0) is 24.8. The van der Waals surface area contributed by atoms with Crippen LogP contribution in [0.15, 0.2) is 82.6 Å². The summed E-state index contributed by atoms with van der Waals surface area (Å²) < 4.78 is 35.4. The van der Waals surface area contributed by atoms with Crippen molar-refractivity contribution in [2.75, 3.05) is 18.5 Å². The Kier molecular flexibility index (Phi) is 7.28. The molecule has 2 aromatic carbocycles. The number of anilines is 1. The number of rotatable bonds is 10. The van der Waals surface area contributed by atoms with Gasteiger partial charge in [-0.25, -0.2) is 22.6 Å². The van der Waals surface area contributed by atoms with Crippen LogP contribution in [0, 0.1) is 0 Å². The number of carbonyl (C=O) groups excluding carboxylic acids is 1. The second-order valence-electron chi connectivity index (χ2n) is 7.67. The summed E-state index contributed by atoms with van der Waals surface area (Å²) in [4.78, 5) is 24.9. The molecule has 4 rings (SSSR count). The number of benzene rings is 2. The molecule has 2 aromatic heterocycles. The molecule has 0 aliphatic rings. The number of pyridine rings is 1. The lowest BCUT2D eigenvalue weighted by molar-refractivity contribution is -0.116. The molecule has 4 aromatic rings. The van der Waals surface area contributed by atoms with E-state index in [1.54, 1.807) is 54.7 Å². The predicted molar refractivity (Wildman–Crippen MR) is 131 cm³/mol. The number of nitrogens with zero attached hydrogens (tertiary/aromatic N) is 3. The molecule has 0 radical (unpaired) electrons. The molecule has 0 atom stereocenters. The van der Waals surface area contributed by atoms with Crippen molar-refractivity contribution in [3.05, 3.63) is 89.0 Å². The van der Waals surface area contributed by atoms with Gasteiger partial charge in [-0.1, -0.05) is 18.2 Å². The largest absolute Gasteiger partial charge is 0.494 e. The molecule has 2 N–H and O–H groups in total. The molecule has 2 heterocycles. The summed E-state index contributed by atoms with van der Waals surface area (Å²) in [7, 11) is -3.74.